The van der Waals surface area contributed by atoms with E-state index in [2.05, 4.69) is 18.7 Å². The van der Waals surface area contributed by atoms with Gasteiger partial charge in [0, 0.05) is 18.3 Å². The summed E-state index contributed by atoms with van der Waals surface area (Å²) in [6.45, 7) is 15.9. The second-order valence-electron chi connectivity index (χ2n) is 6.59. The van der Waals surface area contributed by atoms with E-state index in [4.69, 9.17) is 13.3 Å². The van der Waals surface area contributed by atoms with Gasteiger partial charge in [-0.2, -0.15) is 0 Å². The van der Waals surface area contributed by atoms with Crippen molar-refractivity contribution < 1.29 is 13.3 Å². The molecule has 0 heterocycles. The zero-order chi connectivity index (χ0) is 16.8. The van der Waals surface area contributed by atoms with E-state index in [1.165, 1.54) is 0 Å². The van der Waals surface area contributed by atoms with Gasteiger partial charge < -0.3 is 13.3 Å². The van der Waals surface area contributed by atoms with E-state index >= 15 is 0 Å². The summed E-state index contributed by atoms with van der Waals surface area (Å²) in [6.07, 6.45) is 1.87. The van der Waals surface area contributed by atoms with Crippen molar-refractivity contribution in [3.05, 3.63) is 48.6 Å². The molecular weight excluding hydrogens is 292 g/mol. The quantitative estimate of drug-likeness (QED) is 0.493. The van der Waals surface area contributed by atoms with E-state index in [0.717, 1.165) is 5.56 Å². The summed E-state index contributed by atoms with van der Waals surface area (Å²) in [5.74, 6) is 0. The second kappa shape index (κ2) is 8.06. The first-order valence-electron chi connectivity index (χ1n) is 7.91. The summed E-state index contributed by atoms with van der Waals surface area (Å²) < 4.78 is 18.9. The number of benzene rings is 1. The first-order valence-corrected chi connectivity index (χ1v) is 9.84. The number of hydrogen-bond acceptors (Lipinski definition) is 3. The van der Waals surface area contributed by atoms with Gasteiger partial charge in [-0.05, 0) is 47.1 Å². The molecule has 0 atom stereocenters. The minimum atomic E-state index is -2.89. The molecule has 1 rings (SSSR count). The molecule has 0 saturated heterocycles. The Kier molecular flexibility index (Phi) is 7.00. The molecule has 0 aliphatic heterocycles. The molecule has 0 amide bonds. The van der Waals surface area contributed by atoms with Gasteiger partial charge in [-0.3, -0.25) is 0 Å². The lowest BCUT2D eigenvalue weighted by Gasteiger charge is -2.38. The largest absolute Gasteiger partial charge is 0.506 e. The van der Waals surface area contributed by atoms with E-state index < -0.39 is 14.4 Å². The van der Waals surface area contributed by atoms with Gasteiger partial charge in [0.1, 0.15) is 0 Å². The highest BCUT2D eigenvalue weighted by molar-refractivity contribution is 6.60. The smallest absolute Gasteiger partial charge is 0.371 e. The zero-order valence-corrected chi connectivity index (χ0v) is 15.8. The molecular formula is C18H30O3Si. The van der Waals surface area contributed by atoms with Crippen molar-refractivity contribution in [2.45, 2.75) is 65.4 Å². The Hall–Kier alpha value is -0.943. The van der Waals surface area contributed by atoms with E-state index in [0.29, 0.717) is 6.04 Å². The first kappa shape index (κ1) is 19.1. The molecule has 3 nitrogen and oxygen atoms in total. The van der Waals surface area contributed by atoms with Crippen LogP contribution in [0.25, 0.3) is 0 Å². The summed E-state index contributed by atoms with van der Waals surface area (Å²) in [5, 5.41) is 0. The Labute approximate surface area is 136 Å². The zero-order valence-electron chi connectivity index (χ0n) is 14.8. The maximum Gasteiger partial charge on any atom is 0.506 e. The van der Waals surface area contributed by atoms with Crippen molar-refractivity contribution in [3.8, 4) is 0 Å². The van der Waals surface area contributed by atoms with Gasteiger partial charge in [0.05, 0.1) is 5.60 Å². The minimum absolute atomic E-state index is 0.0368. The third-order valence-corrected chi connectivity index (χ3v) is 6.34. The third-order valence-electron chi connectivity index (χ3n) is 3.00. The van der Waals surface area contributed by atoms with Crippen molar-refractivity contribution in [3.63, 3.8) is 0 Å². The third kappa shape index (κ3) is 6.44. The molecule has 22 heavy (non-hydrogen) atoms. The molecule has 124 valence electrons. The normalized spacial score (nSPS) is 12.9. The highest BCUT2D eigenvalue weighted by atomic mass is 28.4. The molecule has 0 unspecified atom stereocenters. The topological polar surface area (TPSA) is 27.7 Å². The lowest BCUT2D eigenvalue weighted by molar-refractivity contribution is -0.0201. The van der Waals surface area contributed by atoms with E-state index in [1.54, 1.807) is 6.08 Å². The minimum Gasteiger partial charge on any atom is -0.371 e. The van der Waals surface area contributed by atoms with Gasteiger partial charge in [-0.15, -0.1) is 6.58 Å². The Morgan fingerprint density at radius 1 is 1.05 bits per heavy atom. The maximum atomic E-state index is 6.38. The van der Waals surface area contributed by atoms with Crippen LogP contribution in [0.15, 0.2) is 43.0 Å². The maximum absolute atomic E-state index is 6.38. The summed E-state index contributed by atoms with van der Waals surface area (Å²) in [6, 6.07) is 10.9. The van der Waals surface area contributed by atoms with Crippen LogP contribution in [0.4, 0.5) is 0 Å². The molecule has 0 spiro atoms. The van der Waals surface area contributed by atoms with E-state index in [-0.39, 0.29) is 12.2 Å². The molecule has 0 bridgehead atoms. The standard InChI is InChI=1S/C18H30O3Si/c1-8-18(6,7)21-22(19-15(2)3,20-16(4)5)14-17-12-10-9-11-13-17/h8-13,15-16H,1,14H2,2-7H3. The van der Waals surface area contributed by atoms with Crippen molar-refractivity contribution in [1.29, 1.82) is 0 Å². The number of rotatable bonds is 9. The second-order valence-corrected chi connectivity index (χ2v) is 8.98. The van der Waals surface area contributed by atoms with Crippen molar-refractivity contribution in [2.75, 3.05) is 0 Å². The van der Waals surface area contributed by atoms with E-state index in [1.807, 2.05) is 59.7 Å². The van der Waals surface area contributed by atoms with Crippen LogP contribution < -0.4 is 0 Å². The summed E-state index contributed by atoms with van der Waals surface area (Å²) >= 11 is 0. The fraction of sp³-hybridized carbons (Fsp3) is 0.556. The van der Waals surface area contributed by atoms with Gasteiger partial charge in [-0.1, -0.05) is 36.4 Å². The van der Waals surface area contributed by atoms with Crippen LogP contribution in [0.3, 0.4) is 0 Å². The summed E-state index contributed by atoms with van der Waals surface area (Å²) in [5.41, 5.74) is 0.667. The van der Waals surface area contributed by atoms with Crippen molar-refractivity contribution >= 4 is 8.80 Å². The Bertz CT molecular complexity index is 445. The number of hydrogen-bond donors (Lipinski definition) is 0. The molecule has 0 fully saturated rings. The van der Waals surface area contributed by atoms with E-state index in [9.17, 15) is 0 Å². The van der Waals surface area contributed by atoms with Crippen LogP contribution in [-0.2, 0) is 19.3 Å². The van der Waals surface area contributed by atoms with Crippen LogP contribution in [-0.4, -0.2) is 26.6 Å². The molecule has 1 aromatic rings. The highest BCUT2D eigenvalue weighted by Gasteiger charge is 2.47. The molecule has 0 saturated carbocycles. The van der Waals surface area contributed by atoms with Gasteiger partial charge in [0.15, 0.2) is 0 Å². The van der Waals surface area contributed by atoms with Gasteiger partial charge in [0.2, 0.25) is 0 Å². The first-order chi connectivity index (χ1) is 10.2. The van der Waals surface area contributed by atoms with Crippen LogP contribution in [0.2, 0.25) is 0 Å². The lowest BCUT2D eigenvalue weighted by Crippen LogP contribution is -2.55. The van der Waals surface area contributed by atoms with Crippen LogP contribution in [0.5, 0.6) is 0 Å². The Morgan fingerprint density at radius 3 is 1.95 bits per heavy atom. The molecule has 4 heteroatoms. The fourth-order valence-electron chi connectivity index (χ4n) is 2.20. The predicted octanol–water partition coefficient (Wildman–Crippen LogP) is 4.54. The Balaban J connectivity index is 3.14. The highest BCUT2D eigenvalue weighted by Crippen LogP contribution is 2.26. The van der Waals surface area contributed by atoms with Crippen molar-refractivity contribution in [1.82, 2.24) is 0 Å². The van der Waals surface area contributed by atoms with Crippen LogP contribution in [0, 0.1) is 0 Å². The van der Waals surface area contributed by atoms with Gasteiger partial charge in [0.25, 0.3) is 0 Å². The monoisotopic (exact) mass is 322 g/mol. The molecule has 0 aliphatic carbocycles. The van der Waals surface area contributed by atoms with Crippen molar-refractivity contribution in [2.24, 2.45) is 0 Å². The summed E-state index contributed by atoms with van der Waals surface area (Å²) in [4.78, 5) is 0. The SMILES string of the molecule is C=CC(C)(C)O[Si](Cc1ccccc1)(OC(C)C)OC(C)C. The average molecular weight is 323 g/mol. The molecule has 0 aliphatic rings. The van der Waals surface area contributed by atoms with Crippen LogP contribution in [0.1, 0.15) is 47.1 Å². The molecule has 1 aromatic carbocycles. The van der Waals surface area contributed by atoms with Gasteiger partial charge in [-0.25, -0.2) is 0 Å². The summed E-state index contributed by atoms with van der Waals surface area (Å²) in [7, 11) is -2.89. The lowest BCUT2D eigenvalue weighted by atomic mass is 10.1. The molecule has 0 radical (unpaired) electrons. The Morgan fingerprint density at radius 2 is 1.55 bits per heavy atom. The van der Waals surface area contributed by atoms with Gasteiger partial charge >= 0.3 is 8.80 Å². The molecule has 0 aromatic heterocycles. The average Bonchev–Trinajstić information content (AvgIpc) is 2.37. The van der Waals surface area contributed by atoms with Crippen LogP contribution >= 0.6 is 0 Å². The molecule has 0 N–H and O–H groups in total. The fourth-order valence-corrected chi connectivity index (χ4v) is 5.65. The predicted molar refractivity (Wildman–Crippen MR) is 93.7 cm³/mol.